The number of benzene rings is 1. The second-order valence-corrected chi connectivity index (χ2v) is 9.15. The van der Waals surface area contributed by atoms with Crippen molar-refractivity contribution in [1.29, 1.82) is 0 Å². The molecule has 126 valence electrons. The number of hydrogen-bond donors (Lipinski definition) is 1. The molecule has 1 aliphatic rings. The van der Waals surface area contributed by atoms with Crippen molar-refractivity contribution in [2.24, 2.45) is 5.73 Å². The summed E-state index contributed by atoms with van der Waals surface area (Å²) in [6, 6.07) is 5.26. The maximum atomic E-state index is 12.7. The average molecular weight is 369 g/mol. The third-order valence-corrected chi connectivity index (χ3v) is 6.74. The first-order valence-electron chi connectivity index (χ1n) is 6.79. The highest BCUT2D eigenvalue weighted by Crippen LogP contribution is 2.26. The number of nitrogens with zero attached hydrogens (tertiary/aromatic N) is 1. The van der Waals surface area contributed by atoms with E-state index in [4.69, 9.17) is 5.73 Å². The minimum absolute atomic E-state index is 0. The fourth-order valence-electron chi connectivity index (χ4n) is 2.53. The van der Waals surface area contributed by atoms with Gasteiger partial charge in [-0.1, -0.05) is 12.5 Å². The van der Waals surface area contributed by atoms with Crippen molar-refractivity contribution in [3.8, 4) is 0 Å². The molecule has 0 saturated carbocycles. The topological polar surface area (TPSA) is 97.5 Å². The van der Waals surface area contributed by atoms with E-state index >= 15 is 0 Å². The van der Waals surface area contributed by atoms with Crippen LogP contribution in [0.4, 0.5) is 0 Å². The van der Waals surface area contributed by atoms with Crippen LogP contribution in [0, 0.1) is 0 Å². The van der Waals surface area contributed by atoms with E-state index in [1.165, 1.54) is 28.6 Å². The van der Waals surface area contributed by atoms with Gasteiger partial charge in [0.1, 0.15) is 0 Å². The SMILES string of the molecule is CS(=O)(=O)c1cccc(S(=O)(=O)N2CCCCC2CN)c1.Cl. The molecule has 1 aromatic carbocycles. The summed E-state index contributed by atoms with van der Waals surface area (Å²) in [6.45, 7) is 0.693. The van der Waals surface area contributed by atoms with Crippen LogP contribution in [-0.4, -0.2) is 46.5 Å². The van der Waals surface area contributed by atoms with E-state index in [-0.39, 0.29) is 34.8 Å². The monoisotopic (exact) mass is 368 g/mol. The zero-order valence-corrected chi connectivity index (χ0v) is 14.8. The summed E-state index contributed by atoms with van der Waals surface area (Å²) in [5.74, 6) is 0. The largest absolute Gasteiger partial charge is 0.329 e. The number of rotatable bonds is 4. The molecule has 1 unspecified atom stereocenters. The number of sulfonamides is 1. The van der Waals surface area contributed by atoms with Crippen molar-refractivity contribution in [3.63, 3.8) is 0 Å². The van der Waals surface area contributed by atoms with E-state index in [2.05, 4.69) is 0 Å². The van der Waals surface area contributed by atoms with Crippen LogP contribution < -0.4 is 5.73 Å². The Hall–Kier alpha value is -0.670. The van der Waals surface area contributed by atoms with Crippen molar-refractivity contribution in [3.05, 3.63) is 24.3 Å². The molecule has 1 fully saturated rings. The van der Waals surface area contributed by atoms with Gasteiger partial charge in [0.2, 0.25) is 10.0 Å². The molecule has 0 radical (unpaired) electrons. The summed E-state index contributed by atoms with van der Waals surface area (Å²) in [5, 5.41) is 0. The second-order valence-electron chi connectivity index (χ2n) is 5.25. The molecule has 9 heteroatoms. The third-order valence-electron chi connectivity index (χ3n) is 3.69. The zero-order chi connectivity index (χ0) is 15.7. The van der Waals surface area contributed by atoms with Crippen molar-refractivity contribution in [1.82, 2.24) is 4.31 Å². The molecular weight excluding hydrogens is 348 g/mol. The molecule has 2 N–H and O–H groups in total. The highest BCUT2D eigenvalue weighted by Gasteiger charge is 2.33. The fourth-order valence-corrected chi connectivity index (χ4v) is 5.02. The van der Waals surface area contributed by atoms with Gasteiger partial charge in [0.05, 0.1) is 9.79 Å². The second kappa shape index (κ2) is 7.27. The summed E-state index contributed by atoms with van der Waals surface area (Å²) in [4.78, 5) is 0.00987. The molecule has 0 bridgehead atoms. The molecule has 0 amide bonds. The molecule has 1 heterocycles. The van der Waals surface area contributed by atoms with E-state index in [9.17, 15) is 16.8 Å². The summed E-state index contributed by atoms with van der Waals surface area (Å²) in [7, 11) is -7.16. The number of halogens is 1. The molecule has 2 rings (SSSR count). The molecule has 0 spiro atoms. The maximum Gasteiger partial charge on any atom is 0.243 e. The maximum absolute atomic E-state index is 12.7. The third kappa shape index (κ3) is 3.99. The Morgan fingerprint density at radius 1 is 1.18 bits per heavy atom. The minimum atomic E-state index is -3.72. The Balaban J connectivity index is 0.00000242. The van der Waals surface area contributed by atoms with Crippen molar-refractivity contribution in [2.45, 2.75) is 35.1 Å². The van der Waals surface area contributed by atoms with Gasteiger partial charge in [0, 0.05) is 25.4 Å². The van der Waals surface area contributed by atoms with E-state index in [1.807, 2.05) is 0 Å². The summed E-state index contributed by atoms with van der Waals surface area (Å²) < 4.78 is 50.0. The fraction of sp³-hybridized carbons (Fsp3) is 0.538. The molecule has 1 atom stereocenters. The molecule has 1 aliphatic heterocycles. The van der Waals surface area contributed by atoms with Crippen LogP contribution in [0.5, 0.6) is 0 Å². The van der Waals surface area contributed by atoms with Crippen LogP contribution in [0.25, 0.3) is 0 Å². The number of nitrogens with two attached hydrogens (primary N) is 1. The Kier molecular flexibility index (Phi) is 6.40. The molecule has 0 aliphatic carbocycles. The first-order chi connectivity index (χ1) is 9.76. The van der Waals surface area contributed by atoms with Gasteiger partial charge in [-0.15, -0.1) is 12.4 Å². The molecule has 0 aromatic heterocycles. The first kappa shape index (κ1) is 19.4. The Bertz CT molecular complexity index is 719. The van der Waals surface area contributed by atoms with Crippen LogP contribution in [0.1, 0.15) is 19.3 Å². The molecular formula is C13H21ClN2O4S2. The summed E-state index contributed by atoms with van der Waals surface area (Å²) >= 11 is 0. The Labute approximate surface area is 138 Å². The predicted octanol–water partition coefficient (Wildman–Crippen LogP) is 1.01. The Morgan fingerprint density at radius 2 is 1.82 bits per heavy atom. The highest BCUT2D eigenvalue weighted by atomic mass is 35.5. The number of sulfone groups is 1. The van der Waals surface area contributed by atoms with Crippen LogP contribution in [-0.2, 0) is 19.9 Å². The summed E-state index contributed by atoms with van der Waals surface area (Å²) in [5.41, 5.74) is 5.67. The number of hydrogen-bond acceptors (Lipinski definition) is 5. The van der Waals surface area contributed by atoms with E-state index in [1.54, 1.807) is 0 Å². The van der Waals surface area contributed by atoms with Crippen LogP contribution in [0.2, 0.25) is 0 Å². The van der Waals surface area contributed by atoms with Gasteiger partial charge in [-0.25, -0.2) is 16.8 Å². The van der Waals surface area contributed by atoms with Crippen molar-refractivity contribution in [2.75, 3.05) is 19.3 Å². The lowest BCUT2D eigenvalue weighted by Gasteiger charge is -2.33. The van der Waals surface area contributed by atoms with Gasteiger partial charge in [0.15, 0.2) is 9.84 Å². The molecule has 1 aromatic rings. The Morgan fingerprint density at radius 3 is 2.41 bits per heavy atom. The normalized spacial score (nSPS) is 20.4. The number of piperidine rings is 1. The first-order valence-corrected chi connectivity index (χ1v) is 10.1. The van der Waals surface area contributed by atoms with Gasteiger partial charge >= 0.3 is 0 Å². The molecule has 1 saturated heterocycles. The molecule has 6 nitrogen and oxygen atoms in total. The summed E-state index contributed by atoms with van der Waals surface area (Å²) in [6.07, 6.45) is 3.54. The lowest BCUT2D eigenvalue weighted by Crippen LogP contribution is -2.47. The smallest absolute Gasteiger partial charge is 0.243 e. The standard InChI is InChI=1S/C13H20N2O4S2.ClH/c1-20(16,17)12-6-4-7-13(9-12)21(18,19)15-8-3-2-5-11(15)10-14;/h4,6-7,9,11H,2-3,5,8,10,14H2,1H3;1H. The predicted molar refractivity (Wildman–Crippen MR) is 87.4 cm³/mol. The van der Waals surface area contributed by atoms with Gasteiger partial charge in [-0.05, 0) is 31.0 Å². The van der Waals surface area contributed by atoms with Gasteiger partial charge in [0.25, 0.3) is 0 Å². The van der Waals surface area contributed by atoms with Crippen molar-refractivity contribution < 1.29 is 16.8 Å². The van der Waals surface area contributed by atoms with Gasteiger partial charge in [-0.3, -0.25) is 0 Å². The van der Waals surface area contributed by atoms with Crippen molar-refractivity contribution >= 4 is 32.3 Å². The van der Waals surface area contributed by atoms with Gasteiger partial charge < -0.3 is 5.73 Å². The quantitative estimate of drug-likeness (QED) is 0.855. The van der Waals surface area contributed by atoms with Gasteiger partial charge in [-0.2, -0.15) is 4.31 Å². The zero-order valence-electron chi connectivity index (χ0n) is 12.3. The van der Waals surface area contributed by atoms with E-state index < -0.39 is 19.9 Å². The lowest BCUT2D eigenvalue weighted by atomic mass is 10.1. The lowest BCUT2D eigenvalue weighted by molar-refractivity contribution is 0.257. The van der Waals surface area contributed by atoms with Crippen LogP contribution >= 0.6 is 12.4 Å². The van der Waals surface area contributed by atoms with E-state index in [0.717, 1.165) is 25.5 Å². The van der Waals surface area contributed by atoms with Crippen LogP contribution in [0.15, 0.2) is 34.1 Å². The van der Waals surface area contributed by atoms with Crippen LogP contribution in [0.3, 0.4) is 0 Å². The minimum Gasteiger partial charge on any atom is -0.329 e. The highest BCUT2D eigenvalue weighted by molar-refractivity contribution is 7.91. The average Bonchev–Trinajstić information content (AvgIpc) is 2.46. The molecule has 22 heavy (non-hydrogen) atoms. The van der Waals surface area contributed by atoms with E-state index in [0.29, 0.717) is 6.54 Å².